The lowest BCUT2D eigenvalue weighted by molar-refractivity contribution is -0.152. The SMILES string of the molecule is COCC(=O)OCC(=O)NC(C)C12CC3CC(CC(C3)C1)C2. The van der Waals surface area contributed by atoms with Crippen molar-refractivity contribution in [1.82, 2.24) is 5.32 Å². The zero-order valence-corrected chi connectivity index (χ0v) is 13.6. The van der Waals surface area contributed by atoms with Gasteiger partial charge in [-0.05, 0) is 68.6 Å². The minimum atomic E-state index is -0.500. The van der Waals surface area contributed by atoms with Gasteiger partial charge in [0.1, 0.15) is 6.61 Å². The van der Waals surface area contributed by atoms with E-state index in [1.54, 1.807) is 0 Å². The summed E-state index contributed by atoms with van der Waals surface area (Å²) in [6, 6.07) is 0.162. The highest BCUT2D eigenvalue weighted by Gasteiger charge is 2.53. The molecule has 1 unspecified atom stereocenters. The highest BCUT2D eigenvalue weighted by atomic mass is 16.6. The topological polar surface area (TPSA) is 64.6 Å². The van der Waals surface area contributed by atoms with Gasteiger partial charge < -0.3 is 14.8 Å². The van der Waals surface area contributed by atoms with Crippen molar-refractivity contribution in [3.8, 4) is 0 Å². The van der Waals surface area contributed by atoms with Crippen molar-refractivity contribution >= 4 is 11.9 Å². The van der Waals surface area contributed by atoms with E-state index in [4.69, 9.17) is 4.74 Å². The van der Waals surface area contributed by atoms with E-state index < -0.39 is 5.97 Å². The third-order valence-corrected chi connectivity index (χ3v) is 6.01. The second-order valence-electron chi connectivity index (χ2n) is 7.66. The Labute approximate surface area is 132 Å². The molecule has 5 nitrogen and oxygen atoms in total. The van der Waals surface area contributed by atoms with Crippen LogP contribution in [0.1, 0.15) is 45.4 Å². The summed E-state index contributed by atoms with van der Waals surface area (Å²) in [7, 11) is 1.43. The van der Waals surface area contributed by atoms with Crippen LogP contribution in [0.5, 0.6) is 0 Å². The van der Waals surface area contributed by atoms with E-state index in [1.165, 1.54) is 45.6 Å². The minimum Gasteiger partial charge on any atom is -0.454 e. The fraction of sp³-hybridized carbons (Fsp3) is 0.882. The molecule has 4 aliphatic carbocycles. The van der Waals surface area contributed by atoms with Crippen molar-refractivity contribution in [2.75, 3.05) is 20.3 Å². The van der Waals surface area contributed by atoms with Crippen LogP contribution in [-0.2, 0) is 19.1 Å². The maximum atomic E-state index is 12.0. The average molecular weight is 309 g/mol. The summed E-state index contributed by atoms with van der Waals surface area (Å²) < 4.78 is 9.56. The summed E-state index contributed by atoms with van der Waals surface area (Å²) in [4.78, 5) is 23.3. The fourth-order valence-corrected chi connectivity index (χ4v) is 5.45. The zero-order chi connectivity index (χ0) is 15.7. The van der Waals surface area contributed by atoms with Gasteiger partial charge in [-0.15, -0.1) is 0 Å². The van der Waals surface area contributed by atoms with Crippen LogP contribution in [-0.4, -0.2) is 38.2 Å². The second kappa shape index (κ2) is 6.19. The van der Waals surface area contributed by atoms with E-state index in [0.29, 0.717) is 0 Å². The molecule has 5 heteroatoms. The molecule has 124 valence electrons. The summed E-state index contributed by atoms with van der Waals surface area (Å²) >= 11 is 0. The van der Waals surface area contributed by atoms with E-state index in [-0.39, 0.29) is 30.6 Å². The molecule has 4 bridgehead atoms. The molecule has 22 heavy (non-hydrogen) atoms. The molecule has 4 aliphatic rings. The Morgan fingerprint density at radius 3 is 2.14 bits per heavy atom. The molecular formula is C17H27NO4. The van der Waals surface area contributed by atoms with Crippen LogP contribution >= 0.6 is 0 Å². The van der Waals surface area contributed by atoms with Crippen LogP contribution < -0.4 is 5.32 Å². The minimum absolute atomic E-state index is 0.113. The molecule has 0 aromatic heterocycles. The zero-order valence-electron chi connectivity index (χ0n) is 13.6. The molecule has 1 amide bonds. The van der Waals surface area contributed by atoms with Crippen LogP contribution in [0.4, 0.5) is 0 Å². The number of methoxy groups -OCH3 is 1. The van der Waals surface area contributed by atoms with Crippen LogP contribution in [0, 0.1) is 23.2 Å². The maximum Gasteiger partial charge on any atom is 0.332 e. The van der Waals surface area contributed by atoms with E-state index in [2.05, 4.69) is 17.0 Å². The second-order valence-corrected chi connectivity index (χ2v) is 7.66. The quantitative estimate of drug-likeness (QED) is 0.761. The number of hydrogen-bond acceptors (Lipinski definition) is 4. The normalized spacial score (nSPS) is 36.9. The van der Waals surface area contributed by atoms with Gasteiger partial charge in [0.25, 0.3) is 5.91 Å². The van der Waals surface area contributed by atoms with Gasteiger partial charge in [0.15, 0.2) is 6.61 Å². The predicted octanol–water partition coefficient (Wildman–Crippen LogP) is 1.90. The number of nitrogens with one attached hydrogen (secondary N) is 1. The third-order valence-electron chi connectivity index (χ3n) is 6.01. The van der Waals surface area contributed by atoms with Gasteiger partial charge in [-0.3, -0.25) is 4.79 Å². The highest BCUT2D eigenvalue weighted by molar-refractivity contribution is 5.81. The maximum absolute atomic E-state index is 12.0. The van der Waals surface area contributed by atoms with E-state index in [9.17, 15) is 9.59 Å². The van der Waals surface area contributed by atoms with Gasteiger partial charge in [-0.1, -0.05) is 0 Å². The summed E-state index contributed by atoms with van der Waals surface area (Å²) in [5.41, 5.74) is 0.279. The molecule has 0 heterocycles. The van der Waals surface area contributed by atoms with E-state index in [0.717, 1.165) is 17.8 Å². The lowest BCUT2D eigenvalue weighted by atomic mass is 9.48. The fourth-order valence-electron chi connectivity index (χ4n) is 5.45. The summed E-state index contributed by atoms with van der Waals surface area (Å²) in [5.74, 6) is 1.90. The first-order valence-corrected chi connectivity index (χ1v) is 8.44. The Balaban J connectivity index is 1.52. The number of carbonyl (C=O) groups is 2. The number of amides is 1. The van der Waals surface area contributed by atoms with Crippen LogP contribution in [0.15, 0.2) is 0 Å². The van der Waals surface area contributed by atoms with Crippen molar-refractivity contribution in [3.63, 3.8) is 0 Å². The van der Waals surface area contributed by atoms with Gasteiger partial charge in [-0.25, -0.2) is 4.79 Å². The van der Waals surface area contributed by atoms with Crippen molar-refractivity contribution in [2.24, 2.45) is 23.2 Å². The van der Waals surface area contributed by atoms with Crippen molar-refractivity contribution in [3.05, 3.63) is 0 Å². The summed E-state index contributed by atoms with van der Waals surface area (Å²) in [5, 5.41) is 3.08. The van der Waals surface area contributed by atoms with E-state index >= 15 is 0 Å². The summed E-state index contributed by atoms with van der Waals surface area (Å²) in [6.07, 6.45) is 7.95. The lowest BCUT2D eigenvalue weighted by Gasteiger charge is -2.59. The monoisotopic (exact) mass is 309 g/mol. The Bertz CT molecular complexity index is 413. The van der Waals surface area contributed by atoms with Crippen LogP contribution in [0.2, 0.25) is 0 Å². The van der Waals surface area contributed by atoms with Gasteiger partial charge in [-0.2, -0.15) is 0 Å². The Morgan fingerprint density at radius 1 is 1.09 bits per heavy atom. The first-order valence-electron chi connectivity index (χ1n) is 8.44. The smallest absolute Gasteiger partial charge is 0.332 e. The Kier molecular flexibility index (Phi) is 4.44. The van der Waals surface area contributed by atoms with Crippen molar-refractivity contribution < 1.29 is 19.1 Å². The average Bonchev–Trinajstić information content (AvgIpc) is 2.44. The molecule has 0 spiro atoms. The molecule has 0 saturated heterocycles. The first-order chi connectivity index (χ1) is 10.5. The molecule has 1 N–H and O–H groups in total. The number of carbonyl (C=O) groups excluding carboxylic acids is 2. The first kappa shape index (κ1) is 15.8. The Morgan fingerprint density at radius 2 is 1.64 bits per heavy atom. The molecule has 0 aromatic carbocycles. The van der Waals surface area contributed by atoms with E-state index in [1.807, 2.05) is 0 Å². The molecule has 0 aliphatic heterocycles. The van der Waals surface area contributed by atoms with Gasteiger partial charge >= 0.3 is 5.97 Å². The number of esters is 1. The largest absolute Gasteiger partial charge is 0.454 e. The van der Waals surface area contributed by atoms with Crippen molar-refractivity contribution in [2.45, 2.75) is 51.5 Å². The Hall–Kier alpha value is -1.10. The number of rotatable bonds is 6. The lowest BCUT2D eigenvalue weighted by Crippen LogP contribution is -2.56. The third kappa shape index (κ3) is 3.14. The molecule has 0 aromatic rings. The van der Waals surface area contributed by atoms with Crippen LogP contribution in [0.3, 0.4) is 0 Å². The standard InChI is InChI=1S/C17H27NO4/c1-11(18-15(19)9-22-16(20)10-21-2)17-6-12-3-13(7-17)5-14(4-12)8-17/h11-14H,3-10H2,1-2H3,(H,18,19). The predicted molar refractivity (Wildman–Crippen MR) is 81.0 cm³/mol. The molecule has 0 radical (unpaired) electrons. The molecule has 4 rings (SSSR count). The number of hydrogen-bond donors (Lipinski definition) is 1. The van der Waals surface area contributed by atoms with Gasteiger partial charge in [0.05, 0.1) is 0 Å². The van der Waals surface area contributed by atoms with Crippen molar-refractivity contribution in [1.29, 1.82) is 0 Å². The molecule has 1 atom stereocenters. The van der Waals surface area contributed by atoms with Crippen LogP contribution in [0.25, 0.3) is 0 Å². The number of ether oxygens (including phenoxy) is 2. The van der Waals surface area contributed by atoms with Gasteiger partial charge in [0, 0.05) is 13.2 Å². The summed E-state index contributed by atoms with van der Waals surface area (Å²) in [6.45, 7) is 1.80. The molecule has 4 saturated carbocycles. The molecule has 4 fully saturated rings. The molecular weight excluding hydrogens is 282 g/mol. The van der Waals surface area contributed by atoms with Gasteiger partial charge in [0.2, 0.25) is 0 Å². The highest BCUT2D eigenvalue weighted by Crippen LogP contribution is 2.61.